The number of nitrogens with zero attached hydrogens (tertiary/aromatic N) is 4. The van der Waals surface area contributed by atoms with Crippen molar-refractivity contribution in [2.75, 3.05) is 36.4 Å². The van der Waals surface area contributed by atoms with Crippen LogP contribution >= 0.6 is 15.9 Å². The Hall–Kier alpha value is -3.04. The number of non-ortho nitro benzene ring substituents is 1. The Morgan fingerprint density at radius 2 is 1.94 bits per heavy atom. The van der Waals surface area contributed by atoms with Crippen LogP contribution in [0.1, 0.15) is 6.92 Å². The zero-order valence-electron chi connectivity index (χ0n) is 17.0. The molecule has 31 heavy (non-hydrogen) atoms. The van der Waals surface area contributed by atoms with Gasteiger partial charge in [0.15, 0.2) is 0 Å². The number of aromatic nitrogens is 1. The van der Waals surface area contributed by atoms with Crippen LogP contribution < -0.4 is 10.2 Å². The highest BCUT2D eigenvalue weighted by atomic mass is 79.9. The maximum absolute atomic E-state index is 12.7. The van der Waals surface area contributed by atoms with E-state index in [1.807, 2.05) is 37.3 Å². The van der Waals surface area contributed by atoms with Gasteiger partial charge in [-0.15, -0.1) is 0 Å². The van der Waals surface area contributed by atoms with Crippen LogP contribution in [0.15, 0.2) is 59.3 Å². The lowest BCUT2D eigenvalue weighted by molar-refractivity contribution is -0.383. The fraction of sp³-hybridized carbons (Fsp3) is 0.273. The van der Waals surface area contributed by atoms with Crippen molar-refractivity contribution in [1.82, 2.24) is 9.88 Å². The van der Waals surface area contributed by atoms with Crippen LogP contribution in [0.3, 0.4) is 0 Å². The van der Waals surface area contributed by atoms with Crippen LogP contribution in [0.5, 0.6) is 0 Å². The van der Waals surface area contributed by atoms with Crippen LogP contribution in [0, 0.1) is 10.1 Å². The smallest absolute Gasteiger partial charge is 0.278 e. The molecule has 8 nitrogen and oxygen atoms in total. The summed E-state index contributed by atoms with van der Waals surface area (Å²) in [5, 5.41) is 15.7. The number of pyridine rings is 1. The number of fused-ring (bicyclic) bond motifs is 1. The Kier molecular flexibility index (Phi) is 6.15. The predicted octanol–water partition coefficient (Wildman–Crippen LogP) is 4.05. The van der Waals surface area contributed by atoms with Crippen molar-refractivity contribution in [2.45, 2.75) is 13.0 Å². The number of carbonyl (C=O) groups is 1. The van der Waals surface area contributed by atoms with Gasteiger partial charge in [-0.05, 0) is 37.3 Å². The molecule has 3 aromatic rings. The van der Waals surface area contributed by atoms with Crippen molar-refractivity contribution >= 4 is 49.7 Å². The Morgan fingerprint density at radius 1 is 1.16 bits per heavy atom. The quantitative estimate of drug-likeness (QED) is 0.434. The molecule has 160 valence electrons. The normalized spacial score (nSPS) is 15.6. The fourth-order valence-corrected chi connectivity index (χ4v) is 4.32. The highest BCUT2D eigenvalue weighted by Crippen LogP contribution is 2.33. The number of piperazine rings is 1. The number of rotatable bonds is 5. The Labute approximate surface area is 188 Å². The molecule has 0 unspecified atom stereocenters. The summed E-state index contributed by atoms with van der Waals surface area (Å²) in [6, 6.07) is 12.4. The molecule has 0 spiro atoms. The minimum Gasteiger partial charge on any atom is -0.368 e. The zero-order chi connectivity index (χ0) is 22.0. The molecule has 1 aliphatic rings. The van der Waals surface area contributed by atoms with Gasteiger partial charge in [0, 0.05) is 65.9 Å². The number of nitro groups is 1. The molecule has 2 aromatic carbocycles. The van der Waals surface area contributed by atoms with E-state index in [9.17, 15) is 14.9 Å². The number of hydrogen-bond donors (Lipinski definition) is 1. The van der Waals surface area contributed by atoms with Gasteiger partial charge >= 0.3 is 0 Å². The van der Waals surface area contributed by atoms with Gasteiger partial charge in [0.05, 0.1) is 16.4 Å². The number of amides is 1. The van der Waals surface area contributed by atoms with E-state index >= 15 is 0 Å². The lowest BCUT2D eigenvalue weighted by Crippen LogP contribution is -2.52. The molecular weight excluding hydrogens is 462 g/mol. The molecule has 2 heterocycles. The van der Waals surface area contributed by atoms with E-state index in [0.29, 0.717) is 5.39 Å². The molecule has 0 bridgehead atoms. The molecule has 1 fully saturated rings. The number of benzene rings is 2. The van der Waals surface area contributed by atoms with Crippen LogP contribution in [-0.4, -0.2) is 52.9 Å². The van der Waals surface area contributed by atoms with Crippen LogP contribution in [0.25, 0.3) is 10.8 Å². The molecule has 1 saturated heterocycles. The van der Waals surface area contributed by atoms with E-state index in [-0.39, 0.29) is 22.6 Å². The standard InChI is InChI=1S/C22H22BrN5O3/c1-15(22(29)25-17-4-2-3-16(23)13-17)26-9-11-27(12-10-26)20-5-6-21(28(30)31)19-14-24-8-7-18(19)20/h2-8,13-15H,9-12H2,1H3,(H,25,29)/t15-/m0/s1. The van der Waals surface area contributed by atoms with Crippen molar-refractivity contribution in [3.05, 3.63) is 69.4 Å². The second-order valence-electron chi connectivity index (χ2n) is 7.48. The van der Waals surface area contributed by atoms with E-state index in [2.05, 4.69) is 36.0 Å². The molecule has 1 amide bonds. The molecule has 1 atom stereocenters. The predicted molar refractivity (Wildman–Crippen MR) is 124 cm³/mol. The van der Waals surface area contributed by atoms with Crippen molar-refractivity contribution in [3.8, 4) is 0 Å². The number of nitro benzene ring substituents is 1. The first-order valence-corrected chi connectivity index (χ1v) is 10.8. The Bertz CT molecular complexity index is 1130. The monoisotopic (exact) mass is 483 g/mol. The van der Waals surface area contributed by atoms with Crippen molar-refractivity contribution < 1.29 is 9.72 Å². The van der Waals surface area contributed by atoms with Gasteiger partial charge in [-0.2, -0.15) is 0 Å². The van der Waals surface area contributed by atoms with Gasteiger partial charge in [-0.25, -0.2) is 0 Å². The van der Waals surface area contributed by atoms with Crippen molar-refractivity contribution in [1.29, 1.82) is 0 Å². The first-order valence-electron chi connectivity index (χ1n) is 10.0. The molecule has 0 aliphatic carbocycles. The zero-order valence-corrected chi connectivity index (χ0v) is 18.6. The Morgan fingerprint density at radius 3 is 2.65 bits per heavy atom. The number of halogens is 1. The maximum Gasteiger partial charge on any atom is 0.278 e. The third-order valence-electron chi connectivity index (χ3n) is 5.64. The van der Waals surface area contributed by atoms with E-state index in [4.69, 9.17) is 0 Å². The Balaban J connectivity index is 1.45. The first-order chi connectivity index (χ1) is 14.9. The molecule has 1 N–H and O–H groups in total. The lowest BCUT2D eigenvalue weighted by Gasteiger charge is -2.38. The average molecular weight is 484 g/mol. The van der Waals surface area contributed by atoms with Gasteiger partial charge in [0.1, 0.15) is 0 Å². The molecule has 1 aromatic heterocycles. The highest BCUT2D eigenvalue weighted by molar-refractivity contribution is 9.10. The summed E-state index contributed by atoms with van der Waals surface area (Å²) < 4.78 is 0.914. The third-order valence-corrected chi connectivity index (χ3v) is 6.14. The molecule has 4 rings (SSSR count). The summed E-state index contributed by atoms with van der Waals surface area (Å²) >= 11 is 3.42. The SMILES string of the molecule is C[C@@H](C(=O)Nc1cccc(Br)c1)N1CCN(c2ccc([N+](=O)[O-])c3cnccc23)CC1. The molecular formula is C22H22BrN5O3. The summed E-state index contributed by atoms with van der Waals surface area (Å²) in [6.07, 6.45) is 3.20. The molecule has 0 radical (unpaired) electrons. The first kappa shape index (κ1) is 21.2. The maximum atomic E-state index is 12.7. The fourth-order valence-electron chi connectivity index (χ4n) is 3.92. The van der Waals surface area contributed by atoms with Crippen molar-refractivity contribution in [3.63, 3.8) is 0 Å². The highest BCUT2D eigenvalue weighted by Gasteiger charge is 2.27. The third kappa shape index (κ3) is 4.52. The van der Waals surface area contributed by atoms with Gasteiger partial charge in [0.2, 0.25) is 5.91 Å². The van der Waals surface area contributed by atoms with Gasteiger partial charge in [-0.3, -0.25) is 24.8 Å². The molecule has 9 heteroatoms. The number of hydrogen-bond acceptors (Lipinski definition) is 6. The average Bonchev–Trinajstić information content (AvgIpc) is 2.78. The van der Waals surface area contributed by atoms with Gasteiger partial charge in [-0.1, -0.05) is 22.0 Å². The number of carbonyl (C=O) groups excluding carboxylic acids is 1. The summed E-state index contributed by atoms with van der Waals surface area (Å²) in [4.78, 5) is 32.1. The summed E-state index contributed by atoms with van der Waals surface area (Å²) in [6.45, 7) is 4.80. The summed E-state index contributed by atoms with van der Waals surface area (Å²) in [5.74, 6) is -0.0431. The largest absolute Gasteiger partial charge is 0.368 e. The molecule has 1 aliphatic heterocycles. The minimum atomic E-state index is -0.378. The topological polar surface area (TPSA) is 91.6 Å². The van der Waals surface area contributed by atoms with E-state index < -0.39 is 0 Å². The van der Waals surface area contributed by atoms with Crippen LogP contribution in [0.2, 0.25) is 0 Å². The molecule has 0 saturated carbocycles. The van der Waals surface area contributed by atoms with Gasteiger partial charge in [0.25, 0.3) is 5.69 Å². The van der Waals surface area contributed by atoms with E-state index in [0.717, 1.165) is 47.4 Å². The lowest BCUT2D eigenvalue weighted by atomic mass is 10.1. The number of nitrogens with one attached hydrogen (secondary N) is 1. The second-order valence-corrected chi connectivity index (χ2v) is 8.40. The second kappa shape index (κ2) is 8.99. The number of anilines is 2. The van der Waals surface area contributed by atoms with E-state index in [1.165, 1.54) is 0 Å². The van der Waals surface area contributed by atoms with E-state index in [1.54, 1.807) is 24.5 Å². The van der Waals surface area contributed by atoms with Crippen LogP contribution in [-0.2, 0) is 4.79 Å². The minimum absolute atomic E-state index is 0.0431. The van der Waals surface area contributed by atoms with Crippen LogP contribution in [0.4, 0.5) is 17.1 Å². The summed E-state index contributed by atoms with van der Waals surface area (Å²) in [7, 11) is 0. The van der Waals surface area contributed by atoms with Crippen molar-refractivity contribution in [2.24, 2.45) is 0 Å². The van der Waals surface area contributed by atoms with Gasteiger partial charge < -0.3 is 10.2 Å². The summed E-state index contributed by atoms with van der Waals surface area (Å²) in [5.41, 5.74) is 1.77.